The van der Waals surface area contributed by atoms with Gasteiger partial charge in [-0.15, -0.1) is 0 Å². The van der Waals surface area contributed by atoms with Crippen LogP contribution in [0.25, 0.3) is 0 Å². The van der Waals surface area contributed by atoms with E-state index in [1.165, 1.54) is 18.2 Å². The minimum Gasteiger partial charge on any atom is -0.398 e. The Balaban J connectivity index is 2.72. The average Bonchev–Trinajstić information content (AvgIpc) is 2.37. The van der Waals surface area contributed by atoms with Gasteiger partial charge in [-0.3, -0.25) is 0 Å². The topological polar surface area (TPSA) is 52.0 Å². The molecule has 1 aromatic rings. The maximum atomic E-state index is 13.7. The fourth-order valence-corrected chi connectivity index (χ4v) is 2.59. The van der Waals surface area contributed by atoms with E-state index in [0.717, 1.165) is 12.1 Å². The Bertz CT molecular complexity index is 614. The number of allylic oxidation sites excluding steroid dienone is 1. The summed E-state index contributed by atoms with van der Waals surface area (Å²) in [4.78, 5) is 0. The number of hydrogen-bond donors (Lipinski definition) is 2. The van der Waals surface area contributed by atoms with E-state index in [0.29, 0.717) is 12.2 Å². The van der Waals surface area contributed by atoms with Gasteiger partial charge in [0.25, 0.3) is 0 Å². The molecule has 0 radical (unpaired) electrons. The molecule has 1 aliphatic carbocycles. The molecule has 2 rings (SSSR count). The molecule has 2 atom stereocenters. The highest BCUT2D eigenvalue weighted by Crippen LogP contribution is 2.50. The molecule has 0 aliphatic heterocycles. The predicted molar refractivity (Wildman–Crippen MR) is 68.6 cm³/mol. The molecule has 22 heavy (non-hydrogen) atoms. The van der Waals surface area contributed by atoms with Gasteiger partial charge >= 0.3 is 12.4 Å². The molecule has 0 heterocycles. The van der Waals surface area contributed by atoms with E-state index >= 15 is 0 Å². The van der Waals surface area contributed by atoms with Crippen molar-refractivity contribution in [3.63, 3.8) is 0 Å². The third kappa shape index (κ3) is 2.37. The first-order valence-electron chi connectivity index (χ1n) is 6.15. The van der Waals surface area contributed by atoms with Crippen molar-refractivity contribution in [3.8, 4) is 0 Å². The Labute approximate surface area is 122 Å². The van der Waals surface area contributed by atoms with E-state index in [4.69, 9.17) is 11.5 Å². The number of benzene rings is 1. The van der Waals surface area contributed by atoms with Crippen molar-refractivity contribution in [3.05, 3.63) is 59.3 Å². The minimum absolute atomic E-state index is 0.375. The maximum absolute atomic E-state index is 13.7. The summed E-state index contributed by atoms with van der Waals surface area (Å²) in [5.41, 5.74) is 4.91. The average molecular weight is 322 g/mol. The van der Waals surface area contributed by atoms with Crippen molar-refractivity contribution in [1.29, 1.82) is 0 Å². The van der Waals surface area contributed by atoms with E-state index in [2.05, 4.69) is 0 Å². The molecule has 0 saturated carbocycles. The Morgan fingerprint density at radius 1 is 0.955 bits per heavy atom. The van der Waals surface area contributed by atoms with E-state index in [-0.39, 0.29) is 5.56 Å². The third-order valence-electron chi connectivity index (χ3n) is 3.66. The highest BCUT2D eigenvalue weighted by molar-refractivity contribution is 5.48. The van der Waals surface area contributed by atoms with Gasteiger partial charge in [0.05, 0.1) is 11.6 Å². The highest BCUT2D eigenvalue weighted by Gasteiger charge is 2.62. The zero-order valence-corrected chi connectivity index (χ0v) is 11.0. The first kappa shape index (κ1) is 16.4. The number of halogens is 6. The van der Waals surface area contributed by atoms with Gasteiger partial charge in [-0.05, 0) is 11.6 Å². The quantitative estimate of drug-likeness (QED) is 0.781. The van der Waals surface area contributed by atoms with Gasteiger partial charge in [0.1, 0.15) is 5.41 Å². The molecule has 1 aromatic carbocycles. The fourth-order valence-electron chi connectivity index (χ4n) is 2.59. The summed E-state index contributed by atoms with van der Waals surface area (Å²) in [7, 11) is 0. The molecule has 0 bridgehead atoms. The van der Waals surface area contributed by atoms with Crippen LogP contribution in [-0.2, 0) is 5.41 Å². The van der Waals surface area contributed by atoms with Gasteiger partial charge in [-0.2, -0.15) is 26.3 Å². The molecule has 0 amide bonds. The summed E-state index contributed by atoms with van der Waals surface area (Å²) in [5, 5.41) is 0. The molecule has 2 unspecified atom stereocenters. The van der Waals surface area contributed by atoms with E-state index in [1.807, 2.05) is 0 Å². The zero-order valence-electron chi connectivity index (χ0n) is 11.0. The van der Waals surface area contributed by atoms with Crippen molar-refractivity contribution in [2.75, 3.05) is 0 Å². The van der Waals surface area contributed by atoms with Crippen molar-refractivity contribution in [2.24, 2.45) is 11.5 Å². The monoisotopic (exact) mass is 322 g/mol. The molecule has 0 spiro atoms. The van der Waals surface area contributed by atoms with Gasteiger partial charge < -0.3 is 11.5 Å². The van der Waals surface area contributed by atoms with Crippen LogP contribution in [-0.4, -0.2) is 18.4 Å². The van der Waals surface area contributed by atoms with Gasteiger partial charge in [0.15, 0.2) is 0 Å². The van der Waals surface area contributed by atoms with Crippen LogP contribution in [0.2, 0.25) is 0 Å². The number of rotatable bonds is 1. The molecule has 8 heteroatoms. The lowest BCUT2D eigenvalue weighted by atomic mass is 9.68. The maximum Gasteiger partial charge on any atom is 0.416 e. The first-order valence-corrected chi connectivity index (χ1v) is 6.15. The number of alkyl halides is 6. The molecular weight excluding hydrogens is 310 g/mol. The first-order chi connectivity index (χ1) is 10.0. The van der Waals surface area contributed by atoms with Crippen LogP contribution in [0.3, 0.4) is 0 Å². The van der Waals surface area contributed by atoms with Gasteiger partial charge in [-0.1, -0.05) is 36.4 Å². The summed E-state index contributed by atoms with van der Waals surface area (Å²) < 4.78 is 80.2. The Morgan fingerprint density at radius 2 is 1.50 bits per heavy atom. The Kier molecular flexibility index (Phi) is 3.76. The summed E-state index contributed by atoms with van der Waals surface area (Å²) >= 11 is 0. The molecule has 0 aromatic heterocycles. The molecule has 0 saturated heterocycles. The Morgan fingerprint density at radius 3 is 1.95 bits per heavy atom. The van der Waals surface area contributed by atoms with Crippen molar-refractivity contribution < 1.29 is 26.3 Å². The smallest absolute Gasteiger partial charge is 0.398 e. The minimum atomic E-state index is -5.06. The highest BCUT2D eigenvalue weighted by atomic mass is 19.4. The molecular formula is C14H12F6N2. The van der Waals surface area contributed by atoms with Gasteiger partial charge in [0.2, 0.25) is 0 Å². The summed E-state index contributed by atoms with van der Waals surface area (Å²) in [5.74, 6) is 0. The summed E-state index contributed by atoms with van der Waals surface area (Å²) in [6, 6.07) is 3.86. The predicted octanol–water partition coefficient (Wildman–Crippen LogP) is 3.16. The Hall–Kier alpha value is -1.96. The van der Waals surface area contributed by atoms with Crippen LogP contribution in [0, 0.1) is 0 Å². The molecule has 1 aliphatic rings. The molecule has 4 N–H and O–H groups in total. The van der Waals surface area contributed by atoms with Crippen molar-refractivity contribution in [1.82, 2.24) is 0 Å². The van der Waals surface area contributed by atoms with Crippen LogP contribution >= 0.6 is 0 Å². The normalized spacial score (nSPS) is 26.4. The lowest BCUT2D eigenvalue weighted by Gasteiger charge is -2.42. The second kappa shape index (κ2) is 5.05. The largest absolute Gasteiger partial charge is 0.416 e. The zero-order chi connectivity index (χ0) is 16.8. The molecule has 0 fully saturated rings. The van der Waals surface area contributed by atoms with Crippen LogP contribution < -0.4 is 11.5 Å². The van der Waals surface area contributed by atoms with Gasteiger partial charge in [0, 0.05) is 5.70 Å². The van der Waals surface area contributed by atoms with Crippen LogP contribution in [0.5, 0.6) is 0 Å². The fraction of sp³-hybridized carbons (Fsp3) is 0.286. The van der Waals surface area contributed by atoms with Crippen LogP contribution in [0.15, 0.2) is 53.8 Å². The SMILES string of the molecule is NC1=C(C(F)(F)F)C(N)C(c2ccccc2)(C(F)(F)F)C=C1. The summed E-state index contributed by atoms with van der Waals surface area (Å²) in [6.07, 6.45) is -8.87. The standard InChI is InChI=1S/C14H12F6N2/c15-13(16,17)10-9(21)6-7-12(11(10)22,14(18,19)20)8-4-2-1-3-5-8/h1-7,11H,21-22H2. The summed E-state index contributed by atoms with van der Waals surface area (Å²) in [6.45, 7) is 0. The van der Waals surface area contributed by atoms with E-state index in [9.17, 15) is 26.3 Å². The van der Waals surface area contributed by atoms with Crippen molar-refractivity contribution in [2.45, 2.75) is 23.8 Å². The lowest BCUT2D eigenvalue weighted by Crippen LogP contribution is -2.58. The lowest BCUT2D eigenvalue weighted by molar-refractivity contribution is -0.185. The third-order valence-corrected chi connectivity index (χ3v) is 3.66. The number of nitrogens with two attached hydrogens (primary N) is 2. The second-order valence-corrected chi connectivity index (χ2v) is 4.91. The van der Waals surface area contributed by atoms with Crippen molar-refractivity contribution >= 4 is 0 Å². The van der Waals surface area contributed by atoms with Gasteiger partial charge in [-0.25, -0.2) is 0 Å². The van der Waals surface area contributed by atoms with E-state index in [1.54, 1.807) is 0 Å². The number of hydrogen-bond acceptors (Lipinski definition) is 2. The van der Waals surface area contributed by atoms with Crippen LogP contribution in [0.4, 0.5) is 26.3 Å². The molecule has 2 nitrogen and oxygen atoms in total. The second-order valence-electron chi connectivity index (χ2n) is 4.91. The van der Waals surface area contributed by atoms with E-state index < -0.39 is 35.1 Å². The molecule has 120 valence electrons. The van der Waals surface area contributed by atoms with Crippen LogP contribution in [0.1, 0.15) is 5.56 Å².